The Morgan fingerprint density at radius 1 is 1.03 bits per heavy atom. The molecule has 2 aromatic rings. The fraction of sp³-hybridized carbons (Fsp3) is 0.391. The van der Waals surface area contributed by atoms with Crippen LogP contribution in [0.1, 0.15) is 40.7 Å². The molecule has 1 fully saturated rings. The van der Waals surface area contributed by atoms with Crippen LogP contribution in [0.2, 0.25) is 0 Å². The first kappa shape index (κ1) is 24.1. The van der Waals surface area contributed by atoms with Crippen molar-refractivity contribution in [2.45, 2.75) is 32.4 Å². The molecule has 5 nitrogen and oxygen atoms in total. The second kappa shape index (κ2) is 11.9. The number of carbonyl (C=O) groups is 1. The summed E-state index contributed by atoms with van der Waals surface area (Å²) in [5, 5.41) is 3.34. The highest BCUT2D eigenvalue weighted by atomic mass is 127. The van der Waals surface area contributed by atoms with Gasteiger partial charge in [0.1, 0.15) is 5.82 Å². The lowest BCUT2D eigenvalue weighted by Crippen LogP contribution is -2.38. The number of carbonyl (C=O) groups excluding carboxylic acids is 1. The fourth-order valence-electron chi connectivity index (χ4n) is 3.55. The minimum Gasteiger partial charge on any atom is -0.352 e. The zero-order valence-corrected chi connectivity index (χ0v) is 19.9. The van der Waals surface area contributed by atoms with E-state index in [4.69, 9.17) is 0 Å². The molecule has 0 radical (unpaired) electrons. The Morgan fingerprint density at radius 2 is 1.63 bits per heavy atom. The monoisotopic (exact) mass is 524 g/mol. The standard InChI is InChI=1S/C23H29FN4O.HI/c1-25-23(27(2)17-19-8-12-21(24)13-9-19)26-16-18-6-10-20(11-7-18)22(29)28-14-4-3-5-15-28;/h6-13H,3-5,14-17H2,1-2H3,(H,25,26);1H. The van der Waals surface area contributed by atoms with Gasteiger partial charge in [0, 0.05) is 45.8 Å². The van der Waals surface area contributed by atoms with Crippen molar-refractivity contribution in [2.75, 3.05) is 27.2 Å². The van der Waals surface area contributed by atoms with Crippen LogP contribution in [0.3, 0.4) is 0 Å². The molecule has 1 aliphatic heterocycles. The number of nitrogens with one attached hydrogen (secondary N) is 1. The third-order valence-electron chi connectivity index (χ3n) is 5.20. The van der Waals surface area contributed by atoms with Crippen molar-refractivity contribution in [3.63, 3.8) is 0 Å². The van der Waals surface area contributed by atoms with Crippen molar-refractivity contribution in [2.24, 2.45) is 4.99 Å². The van der Waals surface area contributed by atoms with E-state index in [0.717, 1.165) is 48.6 Å². The maximum atomic E-state index is 13.1. The summed E-state index contributed by atoms with van der Waals surface area (Å²) in [6.45, 7) is 2.96. The summed E-state index contributed by atoms with van der Waals surface area (Å²) in [7, 11) is 3.68. The first-order valence-corrected chi connectivity index (χ1v) is 10.1. The zero-order valence-electron chi connectivity index (χ0n) is 17.6. The summed E-state index contributed by atoms with van der Waals surface area (Å²) >= 11 is 0. The van der Waals surface area contributed by atoms with Gasteiger partial charge in [0.25, 0.3) is 5.91 Å². The average molecular weight is 524 g/mol. The average Bonchev–Trinajstić information content (AvgIpc) is 2.76. The van der Waals surface area contributed by atoms with E-state index in [-0.39, 0.29) is 35.7 Å². The summed E-state index contributed by atoms with van der Waals surface area (Å²) in [6, 6.07) is 14.2. The second-order valence-corrected chi connectivity index (χ2v) is 7.43. The smallest absolute Gasteiger partial charge is 0.253 e. The molecule has 1 heterocycles. The molecule has 0 aromatic heterocycles. The third kappa shape index (κ3) is 6.68. The SMILES string of the molecule is CN=C(NCc1ccc(C(=O)N2CCCCC2)cc1)N(C)Cc1ccc(F)cc1.I. The maximum absolute atomic E-state index is 13.1. The number of aliphatic imine (C=N–C) groups is 1. The molecule has 2 aromatic carbocycles. The molecule has 3 rings (SSSR count). The molecular formula is C23H30FIN4O. The third-order valence-corrected chi connectivity index (χ3v) is 5.20. The Labute approximate surface area is 195 Å². The van der Waals surface area contributed by atoms with Gasteiger partial charge in [-0.1, -0.05) is 24.3 Å². The lowest BCUT2D eigenvalue weighted by atomic mass is 10.1. The van der Waals surface area contributed by atoms with E-state index in [0.29, 0.717) is 13.1 Å². The van der Waals surface area contributed by atoms with E-state index in [1.807, 2.05) is 41.1 Å². The predicted molar refractivity (Wildman–Crippen MR) is 130 cm³/mol. The van der Waals surface area contributed by atoms with Crippen molar-refractivity contribution >= 4 is 35.8 Å². The number of hydrogen-bond donors (Lipinski definition) is 1. The van der Waals surface area contributed by atoms with Gasteiger partial charge in [-0.25, -0.2) is 4.39 Å². The Hall–Kier alpha value is -2.16. The first-order valence-electron chi connectivity index (χ1n) is 10.1. The summed E-state index contributed by atoms with van der Waals surface area (Å²) in [4.78, 5) is 20.8. The van der Waals surface area contributed by atoms with Gasteiger partial charge in [0.2, 0.25) is 0 Å². The minimum absolute atomic E-state index is 0. The van der Waals surface area contributed by atoms with Crippen LogP contribution in [0, 0.1) is 5.82 Å². The number of rotatable bonds is 5. The van der Waals surface area contributed by atoms with Crippen LogP contribution < -0.4 is 5.32 Å². The number of hydrogen-bond acceptors (Lipinski definition) is 2. The molecule has 0 aliphatic carbocycles. The van der Waals surface area contributed by atoms with Crippen molar-refractivity contribution < 1.29 is 9.18 Å². The van der Waals surface area contributed by atoms with E-state index in [9.17, 15) is 9.18 Å². The lowest BCUT2D eigenvalue weighted by molar-refractivity contribution is 0.0724. The second-order valence-electron chi connectivity index (χ2n) is 7.43. The summed E-state index contributed by atoms with van der Waals surface area (Å²) in [5.41, 5.74) is 2.84. The van der Waals surface area contributed by atoms with Gasteiger partial charge in [-0.05, 0) is 54.7 Å². The molecule has 1 amide bonds. The number of amides is 1. The van der Waals surface area contributed by atoms with Gasteiger partial charge >= 0.3 is 0 Å². The molecule has 0 atom stereocenters. The van der Waals surface area contributed by atoms with Crippen molar-refractivity contribution in [3.8, 4) is 0 Å². The number of halogens is 2. The molecule has 1 aliphatic rings. The van der Waals surface area contributed by atoms with Crippen molar-refractivity contribution in [1.82, 2.24) is 15.1 Å². The highest BCUT2D eigenvalue weighted by Crippen LogP contribution is 2.14. The van der Waals surface area contributed by atoms with Crippen LogP contribution in [0.15, 0.2) is 53.5 Å². The van der Waals surface area contributed by atoms with E-state index < -0.39 is 0 Å². The molecule has 1 saturated heterocycles. The zero-order chi connectivity index (χ0) is 20.6. The molecule has 0 spiro atoms. The van der Waals surface area contributed by atoms with Gasteiger partial charge in [0.15, 0.2) is 5.96 Å². The van der Waals surface area contributed by atoms with Crippen molar-refractivity contribution in [3.05, 3.63) is 71.0 Å². The number of guanidine groups is 1. The number of nitrogens with zero attached hydrogens (tertiary/aromatic N) is 3. The van der Waals surface area contributed by atoms with Crippen LogP contribution in [0.5, 0.6) is 0 Å². The van der Waals surface area contributed by atoms with E-state index in [1.54, 1.807) is 19.2 Å². The van der Waals surface area contributed by atoms with E-state index in [1.165, 1.54) is 18.6 Å². The summed E-state index contributed by atoms with van der Waals surface area (Å²) < 4.78 is 13.1. The molecular weight excluding hydrogens is 494 g/mol. The molecule has 0 saturated carbocycles. The Morgan fingerprint density at radius 3 is 2.23 bits per heavy atom. The number of piperidine rings is 1. The van der Waals surface area contributed by atoms with Crippen molar-refractivity contribution in [1.29, 1.82) is 0 Å². The van der Waals surface area contributed by atoms with Crippen LogP contribution in [-0.2, 0) is 13.1 Å². The molecule has 30 heavy (non-hydrogen) atoms. The van der Waals surface area contributed by atoms with Gasteiger partial charge in [-0.3, -0.25) is 9.79 Å². The van der Waals surface area contributed by atoms with Gasteiger partial charge in [-0.15, -0.1) is 24.0 Å². The van der Waals surface area contributed by atoms with Crippen LogP contribution in [0.4, 0.5) is 4.39 Å². The van der Waals surface area contributed by atoms with Gasteiger partial charge in [-0.2, -0.15) is 0 Å². The molecule has 0 unspecified atom stereocenters. The van der Waals surface area contributed by atoms with E-state index >= 15 is 0 Å². The topological polar surface area (TPSA) is 47.9 Å². The number of likely N-dealkylation sites (tertiary alicyclic amines) is 1. The Balaban J connectivity index is 0.00000320. The fourth-order valence-corrected chi connectivity index (χ4v) is 3.55. The largest absolute Gasteiger partial charge is 0.352 e. The molecule has 0 bridgehead atoms. The predicted octanol–water partition coefficient (Wildman–Crippen LogP) is 4.28. The highest BCUT2D eigenvalue weighted by Gasteiger charge is 2.17. The van der Waals surface area contributed by atoms with Crippen LogP contribution >= 0.6 is 24.0 Å². The van der Waals surface area contributed by atoms with Crippen LogP contribution in [-0.4, -0.2) is 48.9 Å². The molecule has 1 N–H and O–H groups in total. The van der Waals surface area contributed by atoms with Crippen LogP contribution in [0.25, 0.3) is 0 Å². The highest BCUT2D eigenvalue weighted by molar-refractivity contribution is 14.0. The quantitative estimate of drug-likeness (QED) is 0.361. The van der Waals surface area contributed by atoms with Gasteiger partial charge in [0.05, 0.1) is 0 Å². The Kier molecular flexibility index (Phi) is 9.55. The maximum Gasteiger partial charge on any atom is 0.253 e. The molecule has 7 heteroatoms. The van der Waals surface area contributed by atoms with Gasteiger partial charge < -0.3 is 15.1 Å². The summed E-state index contributed by atoms with van der Waals surface area (Å²) in [6.07, 6.45) is 3.40. The van der Waals surface area contributed by atoms with E-state index in [2.05, 4.69) is 10.3 Å². The lowest BCUT2D eigenvalue weighted by Gasteiger charge is -2.26. The summed E-state index contributed by atoms with van der Waals surface area (Å²) in [5.74, 6) is 0.642. The normalized spacial score (nSPS) is 14.1. The molecule has 162 valence electrons. The first-order chi connectivity index (χ1) is 14.1. The Bertz CT molecular complexity index is 833. The number of benzene rings is 2. The minimum atomic E-state index is -0.235.